The monoisotopic (exact) mass is 225 g/mol. The average molecular weight is 226 g/mol. The van der Waals surface area contributed by atoms with Crippen LogP contribution in [0.2, 0.25) is 0 Å². The van der Waals surface area contributed by atoms with E-state index < -0.39 is 10.0 Å². The van der Waals surface area contributed by atoms with Crippen LogP contribution >= 0.6 is 11.6 Å². The highest BCUT2D eigenvalue weighted by atomic mass is 35.5. The maximum absolute atomic E-state index is 11.3. The smallest absolute Gasteiger partial charge is 0.212 e. The van der Waals surface area contributed by atoms with Gasteiger partial charge in [0, 0.05) is 19.0 Å². The van der Waals surface area contributed by atoms with Crippen molar-refractivity contribution >= 4 is 21.6 Å². The topological polar surface area (TPSA) is 37.4 Å². The zero-order valence-corrected chi connectivity index (χ0v) is 9.61. The van der Waals surface area contributed by atoms with Crippen LogP contribution < -0.4 is 0 Å². The van der Waals surface area contributed by atoms with Crippen molar-refractivity contribution < 1.29 is 8.42 Å². The van der Waals surface area contributed by atoms with Crippen LogP contribution in [0.15, 0.2) is 0 Å². The van der Waals surface area contributed by atoms with Gasteiger partial charge < -0.3 is 0 Å². The number of hydrogen-bond acceptors (Lipinski definition) is 2. The zero-order chi connectivity index (χ0) is 10.1. The van der Waals surface area contributed by atoms with Gasteiger partial charge in [-0.1, -0.05) is 0 Å². The van der Waals surface area contributed by atoms with E-state index in [1.807, 2.05) is 0 Å². The number of alkyl halides is 1. The van der Waals surface area contributed by atoms with Crippen LogP contribution in [0.25, 0.3) is 0 Å². The molecule has 78 valence electrons. The molecule has 1 saturated carbocycles. The van der Waals surface area contributed by atoms with Crippen molar-refractivity contribution in [2.75, 3.05) is 19.3 Å². The van der Waals surface area contributed by atoms with Crippen molar-refractivity contribution in [3.05, 3.63) is 0 Å². The van der Waals surface area contributed by atoms with Gasteiger partial charge in [-0.2, -0.15) is 0 Å². The molecule has 1 aliphatic carbocycles. The first-order valence-electron chi connectivity index (χ1n) is 4.53. The summed E-state index contributed by atoms with van der Waals surface area (Å²) in [5.41, 5.74) is 0. The Kier molecular flexibility index (Phi) is 3.60. The second-order valence-electron chi connectivity index (χ2n) is 3.62. The van der Waals surface area contributed by atoms with E-state index in [0.29, 0.717) is 12.5 Å². The predicted octanol–water partition coefficient (Wildman–Crippen LogP) is 1.29. The van der Waals surface area contributed by atoms with Gasteiger partial charge in [-0.25, -0.2) is 12.7 Å². The number of nitrogens with zero attached hydrogens (tertiary/aromatic N) is 1. The summed E-state index contributed by atoms with van der Waals surface area (Å²) < 4.78 is 24.1. The molecule has 0 heterocycles. The average Bonchev–Trinajstić information content (AvgIpc) is 2.01. The molecular formula is C8H16ClNO2S. The van der Waals surface area contributed by atoms with Gasteiger partial charge in [0.05, 0.1) is 5.75 Å². The third kappa shape index (κ3) is 2.82. The molecule has 1 fully saturated rings. The molecule has 0 aromatic heterocycles. The quantitative estimate of drug-likeness (QED) is 0.677. The lowest BCUT2D eigenvalue weighted by atomic mass is 9.85. The summed E-state index contributed by atoms with van der Waals surface area (Å²) in [6.07, 6.45) is 1.90. The zero-order valence-electron chi connectivity index (χ0n) is 8.03. The summed E-state index contributed by atoms with van der Waals surface area (Å²) in [5, 5.41) is 0.266. The van der Waals surface area contributed by atoms with E-state index in [-0.39, 0.29) is 11.1 Å². The molecule has 5 heteroatoms. The Morgan fingerprint density at radius 3 is 2.38 bits per heavy atom. The van der Waals surface area contributed by atoms with E-state index in [2.05, 4.69) is 0 Å². The van der Waals surface area contributed by atoms with Gasteiger partial charge in [0.1, 0.15) is 0 Å². The van der Waals surface area contributed by atoms with Crippen LogP contribution in [0.1, 0.15) is 19.8 Å². The second-order valence-corrected chi connectivity index (χ2v) is 6.60. The highest BCUT2D eigenvalue weighted by Gasteiger charge is 2.30. The van der Waals surface area contributed by atoms with Crippen molar-refractivity contribution in [3.63, 3.8) is 0 Å². The fraction of sp³-hybridized carbons (Fsp3) is 1.00. The molecule has 1 aliphatic rings. The Morgan fingerprint density at radius 2 is 2.00 bits per heavy atom. The Labute approximate surface area is 85.1 Å². The van der Waals surface area contributed by atoms with Crippen molar-refractivity contribution in [2.24, 2.45) is 5.92 Å². The first-order valence-corrected chi connectivity index (χ1v) is 6.58. The highest BCUT2D eigenvalue weighted by Crippen LogP contribution is 2.32. The molecule has 0 N–H and O–H groups in total. The van der Waals surface area contributed by atoms with Gasteiger partial charge >= 0.3 is 0 Å². The van der Waals surface area contributed by atoms with E-state index in [4.69, 9.17) is 11.6 Å². The summed E-state index contributed by atoms with van der Waals surface area (Å²) in [6.45, 7) is 2.29. The van der Waals surface area contributed by atoms with Crippen molar-refractivity contribution in [1.29, 1.82) is 0 Å². The number of rotatable bonds is 4. The molecule has 13 heavy (non-hydrogen) atoms. The number of halogens is 1. The molecule has 0 aromatic carbocycles. The molecule has 0 unspecified atom stereocenters. The molecular weight excluding hydrogens is 210 g/mol. The molecule has 1 rings (SSSR count). The van der Waals surface area contributed by atoms with Crippen LogP contribution in [0.4, 0.5) is 0 Å². The molecule has 0 bridgehead atoms. The van der Waals surface area contributed by atoms with Crippen molar-refractivity contribution in [3.8, 4) is 0 Å². The molecule has 3 nitrogen and oxygen atoms in total. The predicted molar refractivity (Wildman–Crippen MR) is 54.5 cm³/mol. The van der Waals surface area contributed by atoms with Gasteiger partial charge in [-0.05, 0) is 25.7 Å². The van der Waals surface area contributed by atoms with Gasteiger partial charge in [0.15, 0.2) is 0 Å². The number of sulfonamides is 1. The third-order valence-electron chi connectivity index (χ3n) is 2.53. The fourth-order valence-corrected chi connectivity index (χ4v) is 2.88. The van der Waals surface area contributed by atoms with E-state index in [0.717, 1.165) is 12.8 Å². The Hall–Kier alpha value is 0.200. The van der Waals surface area contributed by atoms with E-state index in [9.17, 15) is 8.42 Å². The molecule has 0 aromatic rings. The minimum atomic E-state index is -3.00. The first-order chi connectivity index (χ1) is 5.95. The third-order valence-corrected chi connectivity index (χ3v) is 4.72. The Balaban J connectivity index is 2.38. The summed E-state index contributed by atoms with van der Waals surface area (Å²) in [4.78, 5) is 0. The first kappa shape index (κ1) is 11.3. The summed E-state index contributed by atoms with van der Waals surface area (Å²) in [6, 6.07) is 0. The van der Waals surface area contributed by atoms with Crippen LogP contribution in [0, 0.1) is 5.92 Å². The van der Waals surface area contributed by atoms with Gasteiger partial charge in [-0.15, -0.1) is 11.6 Å². The SMILES string of the molecule is CCS(=O)(=O)N(C)CC1CC(Cl)C1. The van der Waals surface area contributed by atoms with E-state index >= 15 is 0 Å². The lowest BCUT2D eigenvalue weighted by Gasteiger charge is -2.33. The molecule has 0 spiro atoms. The minimum Gasteiger partial charge on any atom is -0.212 e. The largest absolute Gasteiger partial charge is 0.213 e. The normalized spacial score (nSPS) is 28.9. The van der Waals surface area contributed by atoms with Crippen molar-refractivity contribution in [1.82, 2.24) is 4.31 Å². The maximum Gasteiger partial charge on any atom is 0.213 e. The van der Waals surface area contributed by atoms with Crippen LogP contribution in [0.3, 0.4) is 0 Å². The molecule has 0 atom stereocenters. The van der Waals surface area contributed by atoms with Gasteiger partial charge in [0.2, 0.25) is 10.0 Å². The summed E-state index contributed by atoms with van der Waals surface area (Å²) >= 11 is 5.81. The Morgan fingerprint density at radius 1 is 1.46 bits per heavy atom. The molecule has 0 aliphatic heterocycles. The summed E-state index contributed by atoms with van der Waals surface area (Å²) in [5.74, 6) is 0.648. The van der Waals surface area contributed by atoms with E-state index in [1.165, 1.54) is 4.31 Å². The molecule has 0 saturated heterocycles. The highest BCUT2D eigenvalue weighted by molar-refractivity contribution is 7.89. The van der Waals surface area contributed by atoms with Gasteiger partial charge in [0.25, 0.3) is 0 Å². The Bertz CT molecular complexity index is 259. The second kappa shape index (κ2) is 4.15. The van der Waals surface area contributed by atoms with Crippen LogP contribution in [0.5, 0.6) is 0 Å². The van der Waals surface area contributed by atoms with Crippen LogP contribution in [-0.4, -0.2) is 37.4 Å². The lowest BCUT2D eigenvalue weighted by molar-refractivity contribution is 0.268. The van der Waals surface area contributed by atoms with Crippen LogP contribution in [-0.2, 0) is 10.0 Å². The molecule has 0 radical (unpaired) electrons. The van der Waals surface area contributed by atoms with Gasteiger partial charge in [-0.3, -0.25) is 0 Å². The van der Waals surface area contributed by atoms with Crippen molar-refractivity contribution in [2.45, 2.75) is 25.1 Å². The molecule has 0 amide bonds. The summed E-state index contributed by atoms with van der Waals surface area (Å²) in [7, 11) is -1.36. The van der Waals surface area contributed by atoms with E-state index in [1.54, 1.807) is 14.0 Å². The number of hydrogen-bond donors (Lipinski definition) is 0. The lowest BCUT2D eigenvalue weighted by Crippen LogP contribution is -2.38. The maximum atomic E-state index is 11.3. The standard InChI is InChI=1S/C8H16ClNO2S/c1-3-13(11,12)10(2)6-7-4-8(9)5-7/h7-8H,3-6H2,1-2H3. The fourth-order valence-electron chi connectivity index (χ4n) is 1.50. The minimum absolute atomic E-state index is 0.181.